The summed E-state index contributed by atoms with van der Waals surface area (Å²) in [7, 11) is 3.15. The highest BCUT2D eigenvalue weighted by molar-refractivity contribution is 7.99. The zero-order valence-electron chi connectivity index (χ0n) is 15.5. The Bertz CT molecular complexity index is 924. The molecule has 9 heteroatoms. The summed E-state index contributed by atoms with van der Waals surface area (Å²) < 4.78 is 18.3. The fourth-order valence-corrected chi connectivity index (χ4v) is 3.18. The molecule has 0 aliphatic heterocycles. The highest BCUT2D eigenvalue weighted by Crippen LogP contribution is 2.29. The second-order valence-electron chi connectivity index (χ2n) is 5.66. The quantitative estimate of drug-likeness (QED) is 0.551. The largest absolute Gasteiger partial charge is 0.497 e. The molecule has 3 aromatic rings. The number of ether oxygens (including phenoxy) is 3. The van der Waals surface area contributed by atoms with Crippen LogP contribution >= 0.6 is 11.8 Å². The van der Waals surface area contributed by atoms with E-state index in [0.29, 0.717) is 28.2 Å². The Morgan fingerprint density at radius 3 is 2.32 bits per heavy atom. The summed E-state index contributed by atoms with van der Waals surface area (Å²) in [4.78, 5) is 11.2. The van der Waals surface area contributed by atoms with Crippen molar-refractivity contribution in [2.75, 3.05) is 20.0 Å². The molecule has 28 heavy (non-hydrogen) atoms. The van der Waals surface area contributed by atoms with E-state index in [9.17, 15) is 4.79 Å². The number of benzene rings is 2. The van der Waals surface area contributed by atoms with Gasteiger partial charge in [-0.2, -0.15) is 0 Å². The van der Waals surface area contributed by atoms with Crippen LogP contribution in [-0.2, 0) is 11.4 Å². The van der Waals surface area contributed by atoms with E-state index in [1.165, 1.54) is 11.8 Å². The van der Waals surface area contributed by atoms with Crippen LogP contribution < -0.4 is 19.9 Å². The van der Waals surface area contributed by atoms with Crippen LogP contribution in [0, 0.1) is 0 Å². The molecule has 8 nitrogen and oxygen atoms in total. The summed E-state index contributed by atoms with van der Waals surface area (Å²) in [6, 6.07) is 14.8. The number of amides is 1. The van der Waals surface area contributed by atoms with Crippen molar-refractivity contribution in [3.63, 3.8) is 0 Å². The summed E-state index contributed by atoms with van der Waals surface area (Å²) in [5.41, 5.74) is 6.00. The normalized spacial score (nSPS) is 10.5. The van der Waals surface area contributed by atoms with Crippen LogP contribution in [0.3, 0.4) is 0 Å². The van der Waals surface area contributed by atoms with E-state index in [0.717, 1.165) is 5.69 Å². The van der Waals surface area contributed by atoms with Crippen molar-refractivity contribution in [3.8, 4) is 22.9 Å². The van der Waals surface area contributed by atoms with Gasteiger partial charge in [0.05, 0.1) is 25.7 Å². The molecule has 2 N–H and O–H groups in total. The van der Waals surface area contributed by atoms with Gasteiger partial charge >= 0.3 is 0 Å². The molecule has 0 aliphatic carbocycles. The summed E-state index contributed by atoms with van der Waals surface area (Å²) in [5, 5.41) is 8.94. The van der Waals surface area contributed by atoms with Crippen molar-refractivity contribution in [2.45, 2.75) is 11.8 Å². The fourth-order valence-electron chi connectivity index (χ4n) is 2.47. The lowest BCUT2D eigenvalue weighted by Crippen LogP contribution is -2.14. The van der Waals surface area contributed by atoms with E-state index in [1.807, 2.05) is 42.5 Å². The second-order valence-corrected chi connectivity index (χ2v) is 6.60. The summed E-state index contributed by atoms with van der Waals surface area (Å²) in [6.07, 6.45) is 0. The average Bonchev–Trinajstić information content (AvgIpc) is 3.13. The second kappa shape index (κ2) is 9.14. The summed E-state index contributed by atoms with van der Waals surface area (Å²) in [6.45, 7) is 0.188. The number of primary amides is 1. The van der Waals surface area contributed by atoms with E-state index in [-0.39, 0.29) is 12.4 Å². The average molecular weight is 400 g/mol. The van der Waals surface area contributed by atoms with Gasteiger partial charge in [-0.3, -0.25) is 9.36 Å². The first-order valence-electron chi connectivity index (χ1n) is 8.37. The van der Waals surface area contributed by atoms with Gasteiger partial charge in [-0.25, -0.2) is 0 Å². The third-order valence-corrected chi connectivity index (χ3v) is 4.70. The van der Waals surface area contributed by atoms with Crippen molar-refractivity contribution in [2.24, 2.45) is 5.73 Å². The molecule has 146 valence electrons. The number of hydrogen-bond acceptors (Lipinski definition) is 7. The maximum Gasteiger partial charge on any atom is 0.227 e. The van der Waals surface area contributed by atoms with E-state index in [4.69, 9.17) is 19.9 Å². The molecule has 0 saturated heterocycles. The number of hydrogen-bond donors (Lipinski definition) is 1. The molecule has 1 heterocycles. The molecular formula is C19H20N4O4S. The predicted molar refractivity (Wildman–Crippen MR) is 105 cm³/mol. The number of methoxy groups -OCH3 is 2. The first-order valence-corrected chi connectivity index (χ1v) is 9.36. The van der Waals surface area contributed by atoms with Gasteiger partial charge in [-0.1, -0.05) is 30.0 Å². The Kier molecular flexibility index (Phi) is 6.38. The lowest BCUT2D eigenvalue weighted by Gasteiger charge is -2.13. The number of nitrogens with zero attached hydrogens (tertiary/aromatic N) is 3. The minimum atomic E-state index is -0.440. The first kappa shape index (κ1) is 19.6. The molecule has 0 bridgehead atoms. The van der Waals surface area contributed by atoms with Crippen LogP contribution in [0.15, 0.2) is 53.7 Å². The number of rotatable bonds is 9. The maximum atomic E-state index is 11.2. The van der Waals surface area contributed by atoms with Gasteiger partial charge in [0.15, 0.2) is 11.0 Å². The van der Waals surface area contributed by atoms with Crippen molar-refractivity contribution in [1.29, 1.82) is 0 Å². The topological polar surface area (TPSA) is 101 Å². The molecule has 0 aliphatic rings. The van der Waals surface area contributed by atoms with Crippen LogP contribution in [0.2, 0.25) is 0 Å². The highest BCUT2D eigenvalue weighted by atomic mass is 32.2. The number of carbonyl (C=O) groups is 1. The molecule has 3 rings (SSSR count). The number of thioether (sulfide) groups is 1. The van der Waals surface area contributed by atoms with Gasteiger partial charge < -0.3 is 19.9 Å². The van der Waals surface area contributed by atoms with Gasteiger partial charge in [0.25, 0.3) is 0 Å². The number of carbonyl (C=O) groups excluding carboxylic acids is 1. The molecule has 0 saturated carbocycles. The lowest BCUT2D eigenvalue weighted by atomic mass is 10.2. The highest BCUT2D eigenvalue weighted by Gasteiger charge is 2.17. The van der Waals surface area contributed by atoms with E-state index in [2.05, 4.69) is 10.2 Å². The van der Waals surface area contributed by atoms with Gasteiger partial charge in [-0.05, 0) is 12.1 Å². The Balaban J connectivity index is 1.98. The molecule has 1 aromatic heterocycles. The Morgan fingerprint density at radius 1 is 1.04 bits per heavy atom. The zero-order chi connectivity index (χ0) is 19.9. The lowest BCUT2D eigenvalue weighted by molar-refractivity contribution is -0.115. The number of aromatic nitrogens is 3. The molecular weight excluding hydrogens is 380 g/mol. The third-order valence-electron chi connectivity index (χ3n) is 3.75. The molecule has 0 fully saturated rings. The van der Waals surface area contributed by atoms with Gasteiger partial charge in [0.1, 0.15) is 23.9 Å². The molecule has 2 aromatic carbocycles. The van der Waals surface area contributed by atoms with Crippen LogP contribution in [0.5, 0.6) is 17.2 Å². The van der Waals surface area contributed by atoms with E-state index in [1.54, 1.807) is 24.9 Å². The molecule has 0 spiro atoms. The standard InChI is InChI=1S/C19H20N4O4S/c1-25-15-8-13(9-16(10-15)26-2)23-18(11-27-14-6-4-3-5-7-14)21-22-19(23)28-12-17(20)24/h3-10H,11-12H2,1-2H3,(H2,20,24). The third kappa shape index (κ3) is 4.74. The zero-order valence-corrected chi connectivity index (χ0v) is 16.3. The minimum Gasteiger partial charge on any atom is -0.497 e. The van der Waals surface area contributed by atoms with Crippen LogP contribution in [0.1, 0.15) is 5.82 Å². The summed E-state index contributed by atoms with van der Waals surface area (Å²) >= 11 is 1.20. The van der Waals surface area contributed by atoms with Crippen LogP contribution in [0.4, 0.5) is 0 Å². The van der Waals surface area contributed by atoms with Crippen molar-refractivity contribution >= 4 is 17.7 Å². The summed E-state index contributed by atoms with van der Waals surface area (Å²) in [5.74, 6) is 2.15. The van der Waals surface area contributed by atoms with Gasteiger partial charge in [0, 0.05) is 18.2 Å². The number of nitrogens with two attached hydrogens (primary N) is 1. The Labute approximate surface area is 166 Å². The first-order chi connectivity index (χ1) is 13.6. The fraction of sp³-hybridized carbons (Fsp3) is 0.211. The minimum absolute atomic E-state index is 0.0821. The molecule has 1 amide bonds. The molecule has 0 unspecified atom stereocenters. The van der Waals surface area contributed by atoms with Gasteiger partial charge in [-0.15, -0.1) is 10.2 Å². The monoisotopic (exact) mass is 400 g/mol. The van der Waals surface area contributed by atoms with Crippen molar-refractivity contribution in [3.05, 3.63) is 54.4 Å². The smallest absolute Gasteiger partial charge is 0.227 e. The predicted octanol–water partition coefficient (Wildman–Crippen LogP) is 2.44. The van der Waals surface area contributed by atoms with Crippen LogP contribution in [0.25, 0.3) is 5.69 Å². The van der Waals surface area contributed by atoms with E-state index < -0.39 is 5.91 Å². The Hall–Kier alpha value is -3.20. The SMILES string of the molecule is COc1cc(OC)cc(-n2c(COc3ccccc3)nnc2SCC(N)=O)c1. The van der Waals surface area contributed by atoms with Crippen LogP contribution in [-0.4, -0.2) is 40.6 Å². The van der Waals surface area contributed by atoms with Crippen molar-refractivity contribution in [1.82, 2.24) is 14.8 Å². The Morgan fingerprint density at radius 2 is 1.71 bits per heavy atom. The van der Waals surface area contributed by atoms with Gasteiger partial charge in [0.2, 0.25) is 5.91 Å². The van der Waals surface area contributed by atoms with E-state index >= 15 is 0 Å². The number of para-hydroxylation sites is 1. The maximum absolute atomic E-state index is 11.2. The molecule has 0 atom stereocenters. The molecule has 0 radical (unpaired) electrons. The van der Waals surface area contributed by atoms with Crippen molar-refractivity contribution < 1.29 is 19.0 Å².